The molecule has 3 atom stereocenters. The minimum Gasteiger partial charge on any atom is -0.373 e. The van der Waals surface area contributed by atoms with Gasteiger partial charge in [0.05, 0.1) is 18.2 Å². The number of imide groups is 1. The van der Waals surface area contributed by atoms with Crippen LogP contribution in [-0.4, -0.2) is 54.2 Å². The van der Waals surface area contributed by atoms with Crippen LogP contribution in [0.2, 0.25) is 0 Å². The van der Waals surface area contributed by atoms with Crippen molar-refractivity contribution in [3.8, 4) is 0 Å². The van der Waals surface area contributed by atoms with Crippen molar-refractivity contribution in [1.29, 1.82) is 0 Å². The zero-order valence-corrected chi connectivity index (χ0v) is 13.2. The fourth-order valence-electron chi connectivity index (χ4n) is 3.21. The number of rotatable bonds is 3. The van der Waals surface area contributed by atoms with Crippen LogP contribution in [0.15, 0.2) is 0 Å². The monoisotopic (exact) mass is 297 g/mol. The van der Waals surface area contributed by atoms with Gasteiger partial charge in [-0.1, -0.05) is 12.8 Å². The van der Waals surface area contributed by atoms with Crippen LogP contribution in [0.25, 0.3) is 0 Å². The number of ether oxygens (including phenoxy) is 1. The standard InChI is InChI=1S/C15H27N3O3/c1-10-8-18(9-11(2)21-10)12(3)14(19)17-15(20)16-13-6-4-5-7-13/h10-13H,4-9H2,1-3H3,(H2,16,17,19,20). The van der Waals surface area contributed by atoms with Crippen LogP contribution in [0.3, 0.4) is 0 Å². The number of carbonyl (C=O) groups excluding carboxylic acids is 2. The highest BCUT2D eigenvalue weighted by atomic mass is 16.5. The molecule has 2 N–H and O–H groups in total. The van der Waals surface area contributed by atoms with Crippen molar-refractivity contribution >= 4 is 11.9 Å². The Morgan fingerprint density at radius 3 is 2.29 bits per heavy atom. The quantitative estimate of drug-likeness (QED) is 0.822. The van der Waals surface area contributed by atoms with E-state index in [-0.39, 0.29) is 36.2 Å². The maximum absolute atomic E-state index is 12.2. The second-order valence-corrected chi connectivity index (χ2v) is 6.33. The molecule has 1 aliphatic heterocycles. The van der Waals surface area contributed by atoms with Crippen LogP contribution in [-0.2, 0) is 9.53 Å². The van der Waals surface area contributed by atoms with Crippen LogP contribution in [0.1, 0.15) is 46.5 Å². The molecule has 0 spiro atoms. The molecule has 0 bridgehead atoms. The molecule has 1 saturated heterocycles. The van der Waals surface area contributed by atoms with E-state index in [0.29, 0.717) is 13.1 Å². The first-order valence-electron chi connectivity index (χ1n) is 7.96. The van der Waals surface area contributed by atoms with Gasteiger partial charge in [0.15, 0.2) is 0 Å². The van der Waals surface area contributed by atoms with Crippen molar-refractivity contribution in [2.45, 2.75) is 70.7 Å². The highest BCUT2D eigenvalue weighted by molar-refractivity contribution is 5.96. The molecule has 0 aromatic heterocycles. The second kappa shape index (κ2) is 7.22. The summed E-state index contributed by atoms with van der Waals surface area (Å²) in [6, 6.07) is -0.474. The Bertz CT molecular complexity index is 372. The SMILES string of the molecule is CC1CN(C(C)C(=O)NC(=O)NC2CCCC2)CC(C)O1. The minimum atomic E-state index is -0.367. The minimum absolute atomic E-state index is 0.108. The molecule has 0 aromatic carbocycles. The second-order valence-electron chi connectivity index (χ2n) is 6.33. The molecular formula is C15H27N3O3. The first-order chi connectivity index (χ1) is 9.95. The average molecular weight is 297 g/mol. The Hall–Kier alpha value is -1.14. The molecule has 3 unspecified atom stereocenters. The predicted octanol–water partition coefficient (Wildman–Crippen LogP) is 1.25. The fourth-order valence-corrected chi connectivity index (χ4v) is 3.21. The third kappa shape index (κ3) is 4.68. The van der Waals surface area contributed by atoms with E-state index in [4.69, 9.17) is 4.74 Å². The molecule has 2 rings (SSSR count). The molecule has 1 aliphatic carbocycles. The summed E-state index contributed by atoms with van der Waals surface area (Å²) >= 11 is 0. The van der Waals surface area contributed by atoms with Crippen LogP contribution in [0, 0.1) is 0 Å². The van der Waals surface area contributed by atoms with E-state index in [2.05, 4.69) is 15.5 Å². The van der Waals surface area contributed by atoms with E-state index in [0.717, 1.165) is 25.7 Å². The average Bonchev–Trinajstić information content (AvgIpc) is 2.89. The summed E-state index contributed by atoms with van der Waals surface area (Å²) in [7, 11) is 0. The summed E-state index contributed by atoms with van der Waals surface area (Å²) < 4.78 is 5.66. The lowest BCUT2D eigenvalue weighted by atomic mass is 10.1. The van der Waals surface area contributed by atoms with Crippen molar-refractivity contribution in [1.82, 2.24) is 15.5 Å². The van der Waals surface area contributed by atoms with Gasteiger partial charge in [-0.05, 0) is 33.6 Å². The van der Waals surface area contributed by atoms with E-state index < -0.39 is 0 Å². The molecule has 0 radical (unpaired) electrons. The smallest absolute Gasteiger partial charge is 0.321 e. The van der Waals surface area contributed by atoms with Gasteiger partial charge < -0.3 is 10.1 Å². The molecule has 21 heavy (non-hydrogen) atoms. The van der Waals surface area contributed by atoms with Crippen molar-refractivity contribution in [3.63, 3.8) is 0 Å². The van der Waals surface area contributed by atoms with Gasteiger partial charge in [0.25, 0.3) is 0 Å². The van der Waals surface area contributed by atoms with Gasteiger partial charge in [0.1, 0.15) is 0 Å². The Morgan fingerprint density at radius 2 is 1.71 bits per heavy atom. The van der Waals surface area contributed by atoms with Gasteiger partial charge in [-0.25, -0.2) is 4.79 Å². The van der Waals surface area contributed by atoms with Gasteiger partial charge in [-0.2, -0.15) is 0 Å². The normalized spacial score (nSPS) is 29.1. The number of nitrogens with zero attached hydrogens (tertiary/aromatic N) is 1. The summed E-state index contributed by atoms with van der Waals surface area (Å²) in [4.78, 5) is 26.1. The number of hydrogen-bond donors (Lipinski definition) is 2. The number of morpholine rings is 1. The summed E-state index contributed by atoms with van der Waals surface area (Å²) in [5.74, 6) is -0.244. The Balaban J connectivity index is 1.79. The number of hydrogen-bond acceptors (Lipinski definition) is 4. The number of carbonyl (C=O) groups is 2. The zero-order chi connectivity index (χ0) is 15.4. The summed E-state index contributed by atoms with van der Waals surface area (Å²) in [5, 5.41) is 5.33. The molecular weight excluding hydrogens is 270 g/mol. The number of amides is 3. The third-order valence-electron chi connectivity index (χ3n) is 4.30. The molecule has 1 saturated carbocycles. The van der Waals surface area contributed by atoms with E-state index in [1.54, 1.807) is 0 Å². The number of nitrogens with one attached hydrogen (secondary N) is 2. The molecule has 120 valence electrons. The summed E-state index contributed by atoms with van der Waals surface area (Å²) in [6.07, 6.45) is 4.54. The molecule has 6 heteroatoms. The number of urea groups is 1. The molecule has 3 amide bonds. The molecule has 2 fully saturated rings. The topological polar surface area (TPSA) is 70.7 Å². The van der Waals surface area contributed by atoms with E-state index in [1.165, 1.54) is 0 Å². The first-order valence-corrected chi connectivity index (χ1v) is 7.96. The summed E-state index contributed by atoms with van der Waals surface area (Å²) in [5.41, 5.74) is 0. The zero-order valence-electron chi connectivity index (χ0n) is 13.2. The molecule has 6 nitrogen and oxygen atoms in total. The van der Waals surface area contributed by atoms with Crippen LogP contribution >= 0.6 is 0 Å². The van der Waals surface area contributed by atoms with Gasteiger partial charge in [0, 0.05) is 19.1 Å². The molecule has 0 aromatic rings. The van der Waals surface area contributed by atoms with Crippen LogP contribution < -0.4 is 10.6 Å². The van der Waals surface area contributed by atoms with Crippen molar-refractivity contribution < 1.29 is 14.3 Å². The highest BCUT2D eigenvalue weighted by Gasteiger charge is 2.30. The first kappa shape index (κ1) is 16.2. The van der Waals surface area contributed by atoms with Gasteiger partial charge >= 0.3 is 6.03 Å². The van der Waals surface area contributed by atoms with Gasteiger partial charge in [0.2, 0.25) is 5.91 Å². The van der Waals surface area contributed by atoms with Crippen molar-refractivity contribution in [3.05, 3.63) is 0 Å². The largest absolute Gasteiger partial charge is 0.373 e. The van der Waals surface area contributed by atoms with E-state index in [1.807, 2.05) is 20.8 Å². The van der Waals surface area contributed by atoms with E-state index >= 15 is 0 Å². The summed E-state index contributed by atoms with van der Waals surface area (Å²) in [6.45, 7) is 7.26. The van der Waals surface area contributed by atoms with E-state index in [9.17, 15) is 9.59 Å². The van der Waals surface area contributed by atoms with Crippen LogP contribution in [0.4, 0.5) is 4.79 Å². The lowest BCUT2D eigenvalue weighted by Crippen LogP contribution is -2.56. The van der Waals surface area contributed by atoms with Crippen molar-refractivity contribution in [2.75, 3.05) is 13.1 Å². The molecule has 2 aliphatic rings. The van der Waals surface area contributed by atoms with Crippen LogP contribution in [0.5, 0.6) is 0 Å². The highest BCUT2D eigenvalue weighted by Crippen LogP contribution is 2.17. The maximum atomic E-state index is 12.2. The molecule has 1 heterocycles. The fraction of sp³-hybridized carbons (Fsp3) is 0.867. The Kier molecular flexibility index (Phi) is 5.58. The third-order valence-corrected chi connectivity index (χ3v) is 4.30. The van der Waals surface area contributed by atoms with Gasteiger partial charge in [-0.15, -0.1) is 0 Å². The van der Waals surface area contributed by atoms with Gasteiger partial charge in [-0.3, -0.25) is 15.0 Å². The Morgan fingerprint density at radius 1 is 1.14 bits per heavy atom. The maximum Gasteiger partial charge on any atom is 0.321 e. The van der Waals surface area contributed by atoms with Crippen molar-refractivity contribution in [2.24, 2.45) is 0 Å². The predicted molar refractivity (Wildman–Crippen MR) is 80.0 cm³/mol. The Labute approximate surface area is 126 Å². The lowest BCUT2D eigenvalue weighted by molar-refractivity contribution is -0.130. The lowest BCUT2D eigenvalue weighted by Gasteiger charge is -2.38.